The Bertz CT molecular complexity index is 813. The van der Waals surface area contributed by atoms with Crippen LogP contribution in [0.5, 0.6) is 0 Å². The van der Waals surface area contributed by atoms with Crippen LogP contribution in [0, 0.1) is 12.7 Å². The second-order valence-electron chi connectivity index (χ2n) is 4.87. The van der Waals surface area contributed by atoms with E-state index >= 15 is 0 Å². The highest BCUT2D eigenvalue weighted by Gasteiger charge is 2.11. The lowest BCUT2D eigenvalue weighted by Crippen LogP contribution is -2.37. The summed E-state index contributed by atoms with van der Waals surface area (Å²) < 4.78 is 23.3. The lowest BCUT2D eigenvalue weighted by molar-refractivity contribution is -0.143. The van der Waals surface area contributed by atoms with Crippen LogP contribution < -0.4 is 10.6 Å². The Morgan fingerprint density at radius 2 is 1.96 bits per heavy atom. The van der Waals surface area contributed by atoms with Crippen LogP contribution >= 0.6 is 0 Å². The quantitative estimate of drug-likeness (QED) is 0.641. The summed E-state index contributed by atoms with van der Waals surface area (Å²) in [5.41, 5.74) is -0.0820. The van der Waals surface area contributed by atoms with Crippen LogP contribution in [0.25, 0.3) is 6.08 Å². The molecule has 0 saturated heterocycles. The number of urea groups is 1. The van der Waals surface area contributed by atoms with Gasteiger partial charge in [0.1, 0.15) is 17.3 Å². The maximum absolute atomic E-state index is 13.4. The number of ether oxygens (including phenoxy) is 1. The number of nitrogens with one attached hydrogen (secondary N) is 2. The average molecular weight is 346 g/mol. The molecule has 0 atom stereocenters. The van der Waals surface area contributed by atoms with Crippen LogP contribution in [-0.2, 0) is 14.3 Å². The molecule has 25 heavy (non-hydrogen) atoms. The zero-order chi connectivity index (χ0) is 18.2. The summed E-state index contributed by atoms with van der Waals surface area (Å²) in [5, 5.41) is 4.08. The Balaban J connectivity index is 1.74. The summed E-state index contributed by atoms with van der Waals surface area (Å²) in [6, 6.07) is 7.93. The van der Waals surface area contributed by atoms with Crippen molar-refractivity contribution in [2.45, 2.75) is 6.92 Å². The van der Waals surface area contributed by atoms with Crippen LogP contribution in [0.2, 0.25) is 0 Å². The predicted octanol–water partition coefficient (Wildman–Crippen LogP) is 2.63. The van der Waals surface area contributed by atoms with Crippen LogP contribution in [0.3, 0.4) is 0 Å². The molecule has 1 aromatic carbocycles. The van der Waals surface area contributed by atoms with Crippen molar-refractivity contribution < 1.29 is 27.9 Å². The van der Waals surface area contributed by atoms with E-state index in [0.717, 1.165) is 12.1 Å². The van der Waals surface area contributed by atoms with Crippen molar-refractivity contribution in [1.82, 2.24) is 5.32 Å². The van der Waals surface area contributed by atoms with Gasteiger partial charge in [-0.05, 0) is 37.3 Å². The van der Waals surface area contributed by atoms with E-state index in [1.165, 1.54) is 24.3 Å². The highest BCUT2D eigenvalue weighted by atomic mass is 19.1. The predicted molar refractivity (Wildman–Crippen MR) is 87.0 cm³/mol. The Hall–Kier alpha value is -3.42. The maximum Gasteiger partial charge on any atom is 0.331 e. The monoisotopic (exact) mass is 346 g/mol. The molecule has 0 aliphatic rings. The molecule has 8 heteroatoms. The van der Waals surface area contributed by atoms with Crippen molar-refractivity contribution in [1.29, 1.82) is 0 Å². The highest BCUT2D eigenvalue weighted by Crippen LogP contribution is 2.11. The molecule has 1 aromatic heterocycles. The second-order valence-corrected chi connectivity index (χ2v) is 4.87. The fraction of sp³-hybridized carbons (Fsp3) is 0.118. The molecular weight excluding hydrogens is 331 g/mol. The minimum absolute atomic E-state index is 0.0820. The smallest absolute Gasteiger partial charge is 0.331 e. The third kappa shape index (κ3) is 5.94. The maximum atomic E-state index is 13.4. The molecule has 2 aromatic rings. The zero-order valence-corrected chi connectivity index (χ0v) is 13.2. The van der Waals surface area contributed by atoms with Crippen molar-refractivity contribution in [2.75, 3.05) is 11.9 Å². The van der Waals surface area contributed by atoms with E-state index in [2.05, 4.69) is 10.1 Å². The minimum atomic E-state index is -0.937. The van der Waals surface area contributed by atoms with Crippen molar-refractivity contribution in [3.63, 3.8) is 0 Å². The van der Waals surface area contributed by atoms with E-state index in [-0.39, 0.29) is 5.69 Å². The number of hydrogen-bond acceptors (Lipinski definition) is 5. The van der Waals surface area contributed by atoms with E-state index in [9.17, 15) is 18.8 Å². The molecule has 2 N–H and O–H groups in total. The Morgan fingerprint density at radius 1 is 1.20 bits per heavy atom. The van der Waals surface area contributed by atoms with Crippen molar-refractivity contribution in [3.8, 4) is 0 Å². The normalized spacial score (nSPS) is 10.5. The molecule has 3 amide bonds. The number of aryl methyl sites for hydroxylation is 1. The fourth-order valence-electron chi connectivity index (χ4n) is 1.76. The zero-order valence-electron chi connectivity index (χ0n) is 13.2. The number of benzene rings is 1. The van der Waals surface area contributed by atoms with Crippen molar-refractivity contribution in [2.24, 2.45) is 0 Å². The number of anilines is 1. The Labute approximate surface area is 142 Å². The molecule has 0 unspecified atom stereocenters. The van der Waals surface area contributed by atoms with Gasteiger partial charge in [0, 0.05) is 6.08 Å². The van der Waals surface area contributed by atoms with Crippen LogP contribution in [0.1, 0.15) is 11.5 Å². The number of rotatable bonds is 5. The van der Waals surface area contributed by atoms with Gasteiger partial charge in [-0.1, -0.05) is 12.1 Å². The molecule has 0 spiro atoms. The third-order valence-corrected chi connectivity index (χ3v) is 2.87. The molecule has 7 nitrogen and oxygen atoms in total. The number of esters is 1. The summed E-state index contributed by atoms with van der Waals surface area (Å²) in [5.74, 6) is -1.13. The largest absolute Gasteiger partial charge is 0.462 e. The number of para-hydroxylation sites is 1. The molecule has 0 aliphatic carbocycles. The van der Waals surface area contributed by atoms with Crippen molar-refractivity contribution >= 4 is 29.7 Å². The molecule has 0 saturated carbocycles. The van der Waals surface area contributed by atoms with Crippen LogP contribution in [0.15, 0.2) is 46.9 Å². The number of imide groups is 1. The number of carbonyl (C=O) groups excluding carboxylic acids is 3. The van der Waals surface area contributed by atoms with Crippen LogP contribution in [-0.4, -0.2) is 24.5 Å². The molecule has 1 heterocycles. The number of halogens is 1. The Morgan fingerprint density at radius 3 is 2.64 bits per heavy atom. The number of carbonyl (C=O) groups is 3. The number of amides is 3. The highest BCUT2D eigenvalue weighted by molar-refractivity contribution is 6.02. The minimum Gasteiger partial charge on any atom is -0.462 e. The van der Waals surface area contributed by atoms with E-state index in [4.69, 9.17) is 4.42 Å². The first-order chi connectivity index (χ1) is 11.9. The molecule has 0 aliphatic heterocycles. The third-order valence-electron chi connectivity index (χ3n) is 2.87. The lowest BCUT2D eigenvalue weighted by Gasteiger charge is -2.07. The van der Waals surface area contributed by atoms with Crippen LogP contribution in [0.4, 0.5) is 14.9 Å². The van der Waals surface area contributed by atoms with Gasteiger partial charge in [-0.15, -0.1) is 0 Å². The summed E-state index contributed by atoms with van der Waals surface area (Å²) in [6.45, 7) is 1.09. The summed E-state index contributed by atoms with van der Waals surface area (Å²) in [7, 11) is 0. The van der Waals surface area contributed by atoms with Gasteiger partial charge in [-0.3, -0.25) is 10.1 Å². The first-order valence-corrected chi connectivity index (χ1v) is 7.20. The van der Waals surface area contributed by atoms with E-state index in [1.807, 2.05) is 5.32 Å². The summed E-state index contributed by atoms with van der Waals surface area (Å²) in [6.07, 6.45) is 2.48. The number of furan rings is 1. The second kappa shape index (κ2) is 8.44. The molecule has 130 valence electrons. The van der Waals surface area contributed by atoms with E-state index in [0.29, 0.717) is 11.5 Å². The van der Waals surface area contributed by atoms with Crippen molar-refractivity contribution in [3.05, 3.63) is 59.8 Å². The van der Waals surface area contributed by atoms with Gasteiger partial charge in [0.2, 0.25) is 0 Å². The molecule has 0 bridgehead atoms. The average Bonchev–Trinajstić information content (AvgIpc) is 2.98. The van der Waals surface area contributed by atoms with Gasteiger partial charge < -0.3 is 14.5 Å². The van der Waals surface area contributed by atoms with Gasteiger partial charge in [0.05, 0.1) is 5.69 Å². The standard InChI is InChI=1S/C17H15FN2O5/c1-11-6-7-12(25-11)8-9-16(22)24-10-15(21)20-17(23)19-14-5-3-2-4-13(14)18/h2-9H,10H2,1H3,(H2,19,20,21,23)/b9-8+. The first-order valence-electron chi connectivity index (χ1n) is 7.20. The fourth-order valence-corrected chi connectivity index (χ4v) is 1.76. The molecular formula is C17H15FN2O5. The SMILES string of the molecule is Cc1ccc(/C=C/C(=O)OCC(=O)NC(=O)Nc2ccccc2F)o1. The van der Waals surface area contributed by atoms with E-state index in [1.54, 1.807) is 19.1 Å². The summed E-state index contributed by atoms with van der Waals surface area (Å²) >= 11 is 0. The first kappa shape index (κ1) is 17.9. The Kier molecular flexibility index (Phi) is 6.05. The van der Waals surface area contributed by atoms with Gasteiger partial charge in [0.25, 0.3) is 5.91 Å². The van der Waals surface area contributed by atoms with Gasteiger partial charge in [-0.25, -0.2) is 14.0 Å². The molecule has 0 radical (unpaired) electrons. The summed E-state index contributed by atoms with van der Waals surface area (Å²) in [4.78, 5) is 34.5. The van der Waals surface area contributed by atoms with Gasteiger partial charge >= 0.3 is 12.0 Å². The van der Waals surface area contributed by atoms with E-state index < -0.39 is 30.3 Å². The van der Waals surface area contributed by atoms with Gasteiger partial charge in [-0.2, -0.15) is 0 Å². The van der Waals surface area contributed by atoms with Gasteiger partial charge in [0.15, 0.2) is 6.61 Å². The topological polar surface area (TPSA) is 97.6 Å². The molecule has 2 rings (SSSR count). The lowest BCUT2D eigenvalue weighted by atomic mass is 10.3. The molecule has 0 fully saturated rings. The number of hydrogen-bond donors (Lipinski definition) is 2.